The number of hydrogen-bond donors (Lipinski definition) is 1. The molecule has 1 unspecified atom stereocenters. The molecule has 1 N–H and O–H groups in total. The van der Waals surface area contributed by atoms with Crippen LogP contribution in [0.15, 0.2) is 72.8 Å². The Labute approximate surface area is 144 Å². The molecule has 4 rings (SSSR count). The van der Waals surface area contributed by atoms with Crippen molar-refractivity contribution >= 4 is 10.8 Å². The van der Waals surface area contributed by atoms with Crippen molar-refractivity contribution in [2.24, 2.45) is 0 Å². The summed E-state index contributed by atoms with van der Waals surface area (Å²) in [7, 11) is 0. The van der Waals surface area contributed by atoms with Gasteiger partial charge in [-0.25, -0.2) is 0 Å². The predicted molar refractivity (Wildman–Crippen MR) is 102 cm³/mol. The van der Waals surface area contributed by atoms with Crippen molar-refractivity contribution in [3.63, 3.8) is 0 Å². The highest BCUT2D eigenvalue weighted by Crippen LogP contribution is 2.29. The summed E-state index contributed by atoms with van der Waals surface area (Å²) in [6.45, 7) is 1.14. The van der Waals surface area contributed by atoms with Gasteiger partial charge in [0.1, 0.15) is 0 Å². The molecule has 0 amide bonds. The highest BCUT2D eigenvalue weighted by Gasteiger charge is 2.32. The average molecular weight is 315 g/mol. The number of nitrogens with one attached hydrogen (secondary N) is 1. The van der Waals surface area contributed by atoms with E-state index in [0.29, 0.717) is 0 Å². The molecule has 1 atom stereocenters. The molecule has 24 heavy (non-hydrogen) atoms. The smallest absolute Gasteiger partial charge is 0.0262 e. The molecule has 1 nitrogen and oxygen atoms in total. The second-order valence-corrected chi connectivity index (χ2v) is 7.18. The zero-order valence-electron chi connectivity index (χ0n) is 14.2. The lowest BCUT2D eigenvalue weighted by atomic mass is 9.78. The van der Waals surface area contributed by atoms with E-state index in [9.17, 15) is 0 Å². The quantitative estimate of drug-likeness (QED) is 0.703. The van der Waals surface area contributed by atoms with Gasteiger partial charge >= 0.3 is 0 Å². The molecule has 0 spiro atoms. The fourth-order valence-electron chi connectivity index (χ4n) is 4.12. The molecule has 1 aliphatic rings. The normalized spacial score (nSPS) is 21.0. The van der Waals surface area contributed by atoms with Crippen LogP contribution in [0.3, 0.4) is 0 Å². The lowest BCUT2D eigenvalue weighted by Crippen LogP contribution is -2.51. The first-order chi connectivity index (χ1) is 11.8. The number of rotatable bonds is 4. The van der Waals surface area contributed by atoms with Crippen molar-refractivity contribution in [1.82, 2.24) is 5.32 Å². The van der Waals surface area contributed by atoms with Gasteiger partial charge in [0.25, 0.3) is 0 Å². The third-order valence-electron chi connectivity index (χ3n) is 5.32. The van der Waals surface area contributed by atoms with Crippen LogP contribution in [0.2, 0.25) is 0 Å². The van der Waals surface area contributed by atoms with E-state index in [2.05, 4.69) is 78.1 Å². The second-order valence-electron chi connectivity index (χ2n) is 7.18. The Bertz CT molecular complexity index is 800. The number of fused-ring (bicyclic) bond motifs is 1. The summed E-state index contributed by atoms with van der Waals surface area (Å²) >= 11 is 0. The van der Waals surface area contributed by atoms with Crippen LogP contribution in [0.25, 0.3) is 10.8 Å². The summed E-state index contributed by atoms with van der Waals surface area (Å²) in [5, 5.41) is 6.55. The van der Waals surface area contributed by atoms with Gasteiger partial charge < -0.3 is 5.32 Å². The van der Waals surface area contributed by atoms with Crippen LogP contribution in [-0.2, 0) is 12.8 Å². The van der Waals surface area contributed by atoms with Crippen LogP contribution >= 0.6 is 0 Å². The van der Waals surface area contributed by atoms with Gasteiger partial charge in [-0.15, -0.1) is 0 Å². The van der Waals surface area contributed by atoms with Gasteiger partial charge in [-0.3, -0.25) is 0 Å². The molecule has 0 saturated carbocycles. The van der Waals surface area contributed by atoms with Crippen LogP contribution < -0.4 is 5.32 Å². The van der Waals surface area contributed by atoms with Gasteiger partial charge in [0.15, 0.2) is 0 Å². The van der Waals surface area contributed by atoms with Gasteiger partial charge in [0.2, 0.25) is 0 Å². The average Bonchev–Trinajstić information content (AvgIpc) is 2.63. The molecule has 1 heteroatoms. The van der Waals surface area contributed by atoms with Crippen LogP contribution in [0.5, 0.6) is 0 Å². The molecule has 3 aromatic carbocycles. The molecule has 1 saturated heterocycles. The first-order valence-electron chi connectivity index (χ1n) is 9.10. The molecule has 1 heterocycles. The number of hydrogen-bond acceptors (Lipinski definition) is 1. The summed E-state index contributed by atoms with van der Waals surface area (Å²) in [4.78, 5) is 0. The zero-order valence-corrected chi connectivity index (χ0v) is 14.2. The highest BCUT2D eigenvalue weighted by atomic mass is 15.0. The SMILES string of the molecule is c1ccc(CC2(Cc3ccc4ccccc4c3)CCCCN2)cc1. The second kappa shape index (κ2) is 6.78. The summed E-state index contributed by atoms with van der Waals surface area (Å²) in [6.07, 6.45) is 6.10. The Kier molecular flexibility index (Phi) is 4.36. The van der Waals surface area contributed by atoms with Crippen molar-refractivity contribution in [2.75, 3.05) is 6.54 Å². The van der Waals surface area contributed by atoms with Gasteiger partial charge in [-0.2, -0.15) is 0 Å². The minimum Gasteiger partial charge on any atom is -0.311 e. The van der Waals surface area contributed by atoms with E-state index in [-0.39, 0.29) is 5.54 Å². The Hall–Kier alpha value is -2.12. The standard InChI is InChI=1S/C23H25N/c1-2-8-19(9-3-1)17-23(14-6-7-15-24-23)18-20-12-13-21-10-4-5-11-22(21)16-20/h1-5,8-13,16,24H,6-7,14-15,17-18H2. The highest BCUT2D eigenvalue weighted by molar-refractivity contribution is 5.83. The Balaban J connectivity index is 1.63. The number of piperidine rings is 1. The lowest BCUT2D eigenvalue weighted by molar-refractivity contribution is 0.249. The van der Waals surface area contributed by atoms with Crippen LogP contribution in [0, 0.1) is 0 Å². The van der Waals surface area contributed by atoms with Gasteiger partial charge in [0.05, 0.1) is 0 Å². The molecule has 0 bridgehead atoms. The van der Waals surface area contributed by atoms with E-state index in [4.69, 9.17) is 0 Å². The molecule has 3 aromatic rings. The van der Waals surface area contributed by atoms with E-state index in [1.54, 1.807) is 0 Å². The van der Waals surface area contributed by atoms with Gasteiger partial charge in [-0.05, 0) is 54.1 Å². The van der Waals surface area contributed by atoms with Crippen LogP contribution in [0.4, 0.5) is 0 Å². The van der Waals surface area contributed by atoms with E-state index in [1.165, 1.54) is 41.2 Å². The van der Waals surface area contributed by atoms with Crippen LogP contribution in [-0.4, -0.2) is 12.1 Å². The maximum Gasteiger partial charge on any atom is 0.0262 e. The fourth-order valence-corrected chi connectivity index (χ4v) is 4.12. The zero-order chi connectivity index (χ0) is 16.2. The van der Waals surface area contributed by atoms with Crippen molar-refractivity contribution < 1.29 is 0 Å². The van der Waals surface area contributed by atoms with Crippen molar-refractivity contribution in [1.29, 1.82) is 0 Å². The third kappa shape index (κ3) is 3.37. The fraction of sp³-hybridized carbons (Fsp3) is 0.304. The van der Waals surface area contributed by atoms with Crippen molar-refractivity contribution in [2.45, 2.75) is 37.6 Å². The number of benzene rings is 3. The Morgan fingerprint density at radius 2 is 1.46 bits per heavy atom. The van der Waals surface area contributed by atoms with Crippen molar-refractivity contribution in [3.8, 4) is 0 Å². The van der Waals surface area contributed by atoms with E-state index >= 15 is 0 Å². The molecule has 122 valence electrons. The van der Waals surface area contributed by atoms with Crippen molar-refractivity contribution in [3.05, 3.63) is 83.9 Å². The van der Waals surface area contributed by atoms with Gasteiger partial charge in [-0.1, -0.05) is 79.2 Å². The lowest BCUT2D eigenvalue weighted by Gasteiger charge is -2.39. The molecule has 1 aliphatic heterocycles. The minimum absolute atomic E-state index is 0.196. The third-order valence-corrected chi connectivity index (χ3v) is 5.32. The Morgan fingerprint density at radius 3 is 2.25 bits per heavy atom. The minimum atomic E-state index is 0.196. The van der Waals surface area contributed by atoms with Gasteiger partial charge in [0, 0.05) is 5.54 Å². The molecular weight excluding hydrogens is 290 g/mol. The van der Waals surface area contributed by atoms with Crippen LogP contribution in [0.1, 0.15) is 30.4 Å². The largest absolute Gasteiger partial charge is 0.311 e. The summed E-state index contributed by atoms with van der Waals surface area (Å²) in [5.41, 5.74) is 3.08. The van der Waals surface area contributed by atoms with E-state index in [1.807, 2.05) is 0 Å². The van der Waals surface area contributed by atoms with E-state index in [0.717, 1.165) is 19.4 Å². The maximum atomic E-state index is 3.88. The molecule has 0 aliphatic carbocycles. The topological polar surface area (TPSA) is 12.0 Å². The molecule has 1 fully saturated rings. The monoisotopic (exact) mass is 315 g/mol. The summed E-state index contributed by atoms with van der Waals surface area (Å²) in [6, 6.07) is 26.5. The summed E-state index contributed by atoms with van der Waals surface area (Å²) < 4.78 is 0. The Morgan fingerprint density at radius 1 is 0.708 bits per heavy atom. The molecule has 0 radical (unpaired) electrons. The maximum absolute atomic E-state index is 3.88. The summed E-state index contributed by atoms with van der Waals surface area (Å²) in [5.74, 6) is 0. The molecule has 0 aromatic heterocycles. The molecular formula is C23H25N. The first-order valence-corrected chi connectivity index (χ1v) is 9.10. The van der Waals surface area contributed by atoms with E-state index < -0.39 is 0 Å². The first kappa shape index (κ1) is 15.4. The predicted octanol–water partition coefficient (Wildman–Crippen LogP) is 5.14.